The number of carbonyl (C=O) groups is 1. The predicted molar refractivity (Wildman–Crippen MR) is 66.7 cm³/mol. The molecule has 0 saturated heterocycles. The van der Waals surface area contributed by atoms with Gasteiger partial charge in [0.25, 0.3) is 0 Å². The fourth-order valence-electron chi connectivity index (χ4n) is 1.31. The van der Waals surface area contributed by atoms with Crippen molar-refractivity contribution in [1.82, 2.24) is 25.1 Å². The molecule has 0 aliphatic rings. The molecule has 0 aromatic carbocycles. The lowest BCUT2D eigenvalue weighted by Gasteiger charge is -2.15. The zero-order chi connectivity index (χ0) is 13.0. The highest BCUT2D eigenvalue weighted by atomic mass is 32.2. The van der Waals surface area contributed by atoms with Crippen molar-refractivity contribution in [1.29, 1.82) is 0 Å². The standard InChI is InChI=1S/C10H19N5OS/c1-7(2)6-15-10(11-12-13-15)17-8(3)9(16)14(4)5/h7-8H,6H2,1-5H3. The zero-order valence-corrected chi connectivity index (χ0v) is 11.7. The molecule has 0 aliphatic carbocycles. The third kappa shape index (κ3) is 3.99. The van der Waals surface area contributed by atoms with Crippen LogP contribution >= 0.6 is 11.8 Å². The summed E-state index contributed by atoms with van der Waals surface area (Å²) in [5.74, 6) is 0.534. The number of hydrogen-bond acceptors (Lipinski definition) is 5. The Balaban J connectivity index is 2.68. The van der Waals surface area contributed by atoms with Gasteiger partial charge >= 0.3 is 0 Å². The minimum atomic E-state index is -0.179. The first-order valence-corrected chi connectivity index (χ1v) is 6.43. The second kappa shape index (κ2) is 6.00. The van der Waals surface area contributed by atoms with Crippen LogP contribution in [-0.2, 0) is 11.3 Å². The van der Waals surface area contributed by atoms with Crippen LogP contribution in [0.2, 0.25) is 0 Å². The van der Waals surface area contributed by atoms with Crippen LogP contribution in [0.1, 0.15) is 20.8 Å². The lowest BCUT2D eigenvalue weighted by atomic mass is 10.2. The molecule has 1 amide bonds. The summed E-state index contributed by atoms with van der Waals surface area (Å²) in [5, 5.41) is 12.0. The first kappa shape index (κ1) is 14.0. The van der Waals surface area contributed by atoms with Crippen molar-refractivity contribution in [3.63, 3.8) is 0 Å². The second-order valence-corrected chi connectivity index (χ2v) is 5.84. The van der Waals surface area contributed by atoms with Crippen LogP contribution in [0.4, 0.5) is 0 Å². The second-order valence-electron chi connectivity index (χ2n) is 4.53. The molecule has 17 heavy (non-hydrogen) atoms. The molecule has 0 N–H and O–H groups in total. The molecule has 1 atom stereocenters. The van der Waals surface area contributed by atoms with Crippen molar-refractivity contribution < 1.29 is 4.79 Å². The maximum absolute atomic E-state index is 11.7. The molecule has 6 nitrogen and oxygen atoms in total. The first-order chi connectivity index (χ1) is 7.91. The van der Waals surface area contributed by atoms with Crippen molar-refractivity contribution in [3.8, 4) is 0 Å². The van der Waals surface area contributed by atoms with Gasteiger partial charge in [0.05, 0.1) is 5.25 Å². The molecule has 0 bridgehead atoms. The predicted octanol–water partition coefficient (Wildman–Crippen LogP) is 0.898. The van der Waals surface area contributed by atoms with Gasteiger partial charge in [0.15, 0.2) is 0 Å². The maximum Gasteiger partial charge on any atom is 0.235 e. The molecule has 0 aliphatic heterocycles. The van der Waals surface area contributed by atoms with Gasteiger partial charge < -0.3 is 4.90 Å². The van der Waals surface area contributed by atoms with Crippen molar-refractivity contribution in [2.75, 3.05) is 14.1 Å². The third-order valence-electron chi connectivity index (χ3n) is 2.11. The molecule has 1 rings (SSSR count). The fourth-order valence-corrected chi connectivity index (χ4v) is 2.26. The van der Waals surface area contributed by atoms with Crippen LogP contribution in [0.5, 0.6) is 0 Å². The van der Waals surface area contributed by atoms with E-state index in [0.717, 1.165) is 6.54 Å². The molecule has 1 aromatic heterocycles. The molecule has 1 heterocycles. The Morgan fingerprint density at radius 3 is 2.59 bits per heavy atom. The highest BCUT2D eigenvalue weighted by molar-refractivity contribution is 8.00. The van der Waals surface area contributed by atoms with E-state index in [2.05, 4.69) is 29.4 Å². The molecule has 7 heteroatoms. The highest BCUT2D eigenvalue weighted by Gasteiger charge is 2.19. The third-order valence-corrected chi connectivity index (χ3v) is 3.17. The van der Waals surface area contributed by atoms with E-state index in [4.69, 9.17) is 0 Å². The number of rotatable bonds is 5. The minimum absolute atomic E-state index is 0.0640. The Hall–Kier alpha value is -1.11. The fraction of sp³-hybridized carbons (Fsp3) is 0.800. The molecular formula is C10H19N5OS. The van der Waals surface area contributed by atoms with E-state index >= 15 is 0 Å². The van der Waals surface area contributed by atoms with Gasteiger partial charge in [-0.25, -0.2) is 4.68 Å². The van der Waals surface area contributed by atoms with Crippen LogP contribution in [0.3, 0.4) is 0 Å². The molecule has 0 radical (unpaired) electrons. The van der Waals surface area contributed by atoms with Gasteiger partial charge in [-0.1, -0.05) is 25.6 Å². The van der Waals surface area contributed by atoms with Crippen molar-refractivity contribution in [3.05, 3.63) is 0 Å². The molecule has 0 fully saturated rings. The van der Waals surface area contributed by atoms with Gasteiger partial charge in [-0.2, -0.15) is 0 Å². The Bertz CT molecular complexity index is 377. The summed E-state index contributed by atoms with van der Waals surface area (Å²) in [7, 11) is 3.49. The van der Waals surface area contributed by atoms with Crippen LogP contribution in [0, 0.1) is 5.92 Å². The average molecular weight is 257 g/mol. The SMILES string of the molecule is CC(C)Cn1nnnc1SC(C)C(=O)N(C)C. The average Bonchev–Trinajstić information content (AvgIpc) is 2.63. The minimum Gasteiger partial charge on any atom is -0.348 e. The van der Waals surface area contributed by atoms with Gasteiger partial charge in [0.2, 0.25) is 11.1 Å². The number of thioether (sulfide) groups is 1. The number of nitrogens with zero attached hydrogens (tertiary/aromatic N) is 5. The lowest BCUT2D eigenvalue weighted by molar-refractivity contribution is -0.127. The van der Waals surface area contributed by atoms with Crippen molar-refractivity contribution >= 4 is 17.7 Å². The van der Waals surface area contributed by atoms with Gasteiger partial charge in [-0.05, 0) is 23.3 Å². The Morgan fingerprint density at radius 1 is 1.41 bits per heavy atom. The summed E-state index contributed by atoms with van der Waals surface area (Å²) in [6.07, 6.45) is 0. The Morgan fingerprint density at radius 2 is 2.06 bits per heavy atom. The summed E-state index contributed by atoms with van der Waals surface area (Å²) in [5.41, 5.74) is 0. The van der Waals surface area contributed by atoms with Gasteiger partial charge in [-0.3, -0.25) is 4.79 Å². The number of hydrogen-bond donors (Lipinski definition) is 0. The van der Waals surface area contributed by atoms with Crippen LogP contribution < -0.4 is 0 Å². The number of carbonyl (C=O) groups excluding carboxylic acids is 1. The van der Waals surface area contributed by atoms with E-state index in [0.29, 0.717) is 11.1 Å². The van der Waals surface area contributed by atoms with E-state index < -0.39 is 0 Å². The van der Waals surface area contributed by atoms with E-state index in [9.17, 15) is 4.79 Å². The molecule has 0 saturated carbocycles. The van der Waals surface area contributed by atoms with Gasteiger partial charge in [0, 0.05) is 20.6 Å². The number of aromatic nitrogens is 4. The van der Waals surface area contributed by atoms with Gasteiger partial charge in [0.1, 0.15) is 0 Å². The smallest absolute Gasteiger partial charge is 0.235 e. The Kier molecular flexibility index (Phi) is 4.92. The quantitative estimate of drug-likeness (QED) is 0.733. The molecular weight excluding hydrogens is 238 g/mol. The maximum atomic E-state index is 11.7. The largest absolute Gasteiger partial charge is 0.348 e. The summed E-state index contributed by atoms with van der Waals surface area (Å²) in [4.78, 5) is 13.3. The normalized spacial score (nSPS) is 12.8. The van der Waals surface area contributed by atoms with E-state index in [1.807, 2.05) is 6.92 Å². The Labute approximate surface area is 106 Å². The van der Waals surface area contributed by atoms with Crippen LogP contribution in [-0.4, -0.2) is 50.4 Å². The van der Waals surface area contributed by atoms with E-state index in [1.165, 1.54) is 11.8 Å². The monoisotopic (exact) mass is 257 g/mol. The first-order valence-electron chi connectivity index (χ1n) is 5.55. The van der Waals surface area contributed by atoms with Gasteiger partial charge in [-0.15, -0.1) is 5.10 Å². The highest BCUT2D eigenvalue weighted by Crippen LogP contribution is 2.21. The van der Waals surface area contributed by atoms with E-state index in [-0.39, 0.29) is 11.2 Å². The van der Waals surface area contributed by atoms with Crippen LogP contribution in [0.25, 0.3) is 0 Å². The number of amides is 1. The molecule has 1 unspecified atom stereocenters. The summed E-state index contributed by atoms with van der Waals surface area (Å²) < 4.78 is 1.74. The van der Waals surface area contributed by atoms with Crippen LogP contribution in [0.15, 0.2) is 5.16 Å². The molecule has 1 aromatic rings. The molecule has 0 spiro atoms. The van der Waals surface area contributed by atoms with E-state index in [1.54, 1.807) is 23.7 Å². The zero-order valence-electron chi connectivity index (χ0n) is 10.9. The summed E-state index contributed by atoms with van der Waals surface area (Å²) in [6, 6.07) is 0. The van der Waals surface area contributed by atoms with Crippen molar-refractivity contribution in [2.24, 2.45) is 5.92 Å². The number of tetrazole rings is 1. The summed E-state index contributed by atoms with van der Waals surface area (Å²) in [6.45, 7) is 6.83. The topological polar surface area (TPSA) is 63.9 Å². The van der Waals surface area contributed by atoms with Crippen molar-refractivity contribution in [2.45, 2.75) is 37.7 Å². The summed E-state index contributed by atoms with van der Waals surface area (Å²) >= 11 is 1.39. The molecule has 96 valence electrons. The lowest BCUT2D eigenvalue weighted by Crippen LogP contribution is -2.30.